The minimum atomic E-state index is -4.28. The van der Waals surface area contributed by atoms with E-state index in [2.05, 4.69) is 15.5 Å². The Kier molecular flexibility index (Phi) is 7.64. The SMILES string of the molecule is COc1ccccc1-c1nnc(SCC(=O)Nc2ccc(CC(F)(F)F)cc2)n1-c1ccc(C)cc1. The second kappa shape index (κ2) is 10.9. The summed E-state index contributed by atoms with van der Waals surface area (Å²) in [5, 5.41) is 11.9. The number of carbonyl (C=O) groups excluding carboxylic acids is 1. The third-order valence-corrected chi connectivity index (χ3v) is 6.18. The fourth-order valence-corrected chi connectivity index (χ4v) is 4.31. The molecule has 3 aromatic carbocycles. The van der Waals surface area contributed by atoms with Crippen LogP contribution in [0.2, 0.25) is 0 Å². The number of benzene rings is 3. The van der Waals surface area contributed by atoms with Crippen molar-refractivity contribution in [3.63, 3.8) is 0 Å². The standard InChI is InChI=1S/C26H23F3N4O2S/c1-17-7-13-20(14-8-17)33-24(21-5-3-4-6-22(21)35-2)31-32-25(33)36-16-23(34)30-19-11-9-18(10-12-19)15-26(27,28)29/h3-14H,15-16H2,1-2H3,(H,30,34). The van der Waals surface area contributed by atoms with E-state index >= 15 is 0 Å². The molecule has 0 unspecified atom stereocenters. The second-order valence-electron chi connectivity index (χ2n) is 8.00. The van der Waals surface area contributed by atoms with Gasteiger partial charge in [-0.2, -0.15) is 13.2 Å². The molecule has 1 aromatic heterocycles. The highest BCUT2D eigenvalue weighted by Crippen LogP contribution is 2.33. The van der Waals surface area contributed by atoms with Crippen LogP contribution in [0.4, 0.5) is 18.9 Å². The molecule has 1 heterocycles. The lowest BCUT2D eigenvalue weighted by Crippen LogP contribution is -2.15. The van der Waals surface area contributed by atoms with Crippen molar-refractivity contribution in [1.29, 1.82) is 0 Å². The van der Waals surface area contributed by atoms with Gasteiger partial charge in [-0.1, -0.05) is 53.7 Å². The number of methoxy groups -OCH3 is 1. The number of carbonyl (C=O) groups is 1. The molecular formula is C26H23F3N4O2S. The number of hydrogen-bond donors (Lipinski definition) is 1. The summed E-state index contributed by atoms with van der Waals surface area (Å²) in [4.78, 5) is 12.6. The number of para-hydroxylation sites is 1. The van der Waals surface area contributed by atoms with E-state index in [1.807, 2.05) is 60.0 Å². The molecule has 0 bridgehead atoms. The van der Waals surface area contributed by atoms with Gasteiger partial charge in [0, 0.05) is 11.4 Å². The van der Waals surface area contributed by atoms with Gasteiger partial charge in [0.05, 0.1) is 24.8 Å². The topological polar surface area (TPSA) is 69.0 Å². The van der Waals surface area contributed by atoms with E-state index < -0.39 is 12.6 Å². The Morgan fingerprint density at radius 2 is 1.69 bits per heavy atom. The summed E-state index contributed by atoms with van der Waals surface area (Å²) < 4.78 is 45.0. The number of alkyl halides is 3. The first-order valence-electron chi connectivity index (χ1n) is 11.0. The number of ether oxygens (including phenoxy) is 1. The van der Waals surface area contributed by atoms with Crippen LogP contribution in [0, 0.1) is 6.92 Å². The number of amides is 1. The van der Waals surface area contributed by atoms with Crippen molar-refractivity contribution in [3.05, 3.63) is 83.9 Å². The molecule has 0 saturated carbocycles. The maximum Gasteiger partial charge on any atom is 0.393 e. The Morgan fingerprint density at radius 3 is 2.36 bits per heavy atom. The molecule has 4 rings (SSSR count). The average molecular weight is 513 g/mol. The van der Waals surface area contributed by atoms with E-state index in [9.17, 15) is 18.0 Å². The largest absolute Gasteiger partial charge is 0.496 e. The third kappa shape index (κ3) is 6.25. The van der Waals surface area contributed by atoms with Gasteiger partial charge in [0.15, 0.2) is 11.0 Å². The summed E-state index contributed by atoms with van der Waals surface area (Å²) in [6, 6.07) is 20.9. The van der Waals surface area contributed by atoms with Crippen molar-refractivity contribution >= 4 is 23.4 Å². The molecule has 0 aliphatic heterocycles. The lowest BCUT2D eigenvalue weighted by atomic mass is 10.1. The molecule has 186 valence electrons. The molecule has 6 nitrogen and oxygen atoms in total. The number of nitrogens with zero attached hydrogens (tertiary/aromatic N) is 3. The van der Waals surface area contributed by atoms with Gasteiger partial charge in [-0.15, -0.1) is 10.2 Å². The van der Waals surface area contributed by atoms with Gasteiger partial charge in [-0.05, 0) is 48.9 Å². The number of aromatic nitrogens is 3. The molecule has 4 aromatic rings. The first kappa shape index (κ1) is 25.3. The van der Waals surface area contributed by atoms with Gasteiger partial charge in [0.1, 0.15) is 5.75 Å². The molecule has 1 amide bonds. The highest BCUT2D eigenvalue weighted by molar-refractivity contribution is 7.99. The molecular weight excluding hydrogens is 489 g/mol. The maximum atomic E-state index is 12.6. The normalized spacial score (nSPS) is 11.4. The van der Waals surface area contributed by atoms with Crippen LogP contribution in [0.5, 0.6) is 5.75 Å². The minimum absolute atomic E-state index is 0.0280. The van der Waals surface area contributed by atoms with E-state index in [1.165, 1.54) is 36.0 Å². The quantitative estimate of drug-likeness (QED) is 0.290. The maximum absolute atomic E-state index is 12.6. The molecule has 1 N–H and O–H groups in total. The van der Waals surface area contributed by atoms with Crippen LogP contribution in [0.1, 0.15) is 11.1 Å². The fourth-order valence-electron chi connectivity index (χ4n) is 3.56. The van der Waals surface area contributed by atoms with E-state index in [0.29, 0.717) is 22.4 Å². The summed E-state index contributed by atoms with van der Waals surface area (Å²) in [6.07, 6.45) is -5.29. The number of thioether (sulfide) groups is 1. The molecule has 36 heavy (non-hydrogen) atoms. The summed E-state index contributed by atoms with van der Waals surface area (Å²) in [5.41, 5.74) is 3.23. The van der Waals surface area contributed by atoms with Gasteiger partial charge >= 0.3 is 6.18 Å². The van der Waals surface area contributed by atoms with Crippen LogP contribution < -0.4 is 10.1 Å². The predicted octanol–water partition coefficient (Wildman–Crippen LogP) is 6.09. The molecule has 0 aliphatic carbocycles. The smallest absolute Gasteiger partial charge is 0.393 e. The van der Waals surface area contributed by atoms with Crippen LogP contribution in [0.3, 0.4) is 0 Å². The molecule has 10 heteroatoms. The highest BCUT2D eigenvalue weighted by Gasteiger charge is 2.27. The predicted molar refractivity (Wildman–Crippen MR) is 134 cm³/mol. The van der Waals surface area contributed by atoms with Gasteiger partial charge in [0.25, 0.3) is 0 Å². The fraction of sp³-hybridized carbons (Fsp3) is 0.192. The van der Waals surface area contributed by atoms with Crippen LogP contribution >= 0.6 is 11.8 Å². The Morgan fingerprint density at radius 1 is 1.00 bits per heavy atom. The van der Waals surface area contributed by atoms with E-state index in [0.717, 1.165) is 16.8 Å². The molecule has 0 saturated heterocycles. The van der Waals surface area contributed by atoms with Crippen molar-refractivity contribution < 1.29 is 22.7 Å². The van der Waals surface area contributed by atoms with Gasteiger partial charge in [-0.25, -0.2) is 0 Å². The Labute approximate surface area is 210 Å². The van der Waals surface area contributed by atoms with E-state index in [-0.39, 0.29) is 17.2 Å². The van der Waals surface area contributed by atoms with Crippen molar-refractivity contribution in [3.8, 4) is 22.8 Å². The zero-order valence-electron chi connectivity index (χ0n) is 19.5. The Hall–Kier alpha value is -3.79. The molecule has 0 atom stereocenters. The highest BCUT2D eigenvalue weighted by atomic mass is 32.2. The third-order valence-electron chi connectivity index (χ3n) is 5.25. The van der Waals surface area contributed by atoms with Crippen LogP contribution in [-0.4, -0.2) is 39.7 Å². The first-order valence-corrected chi connectivity index (χ1v) is 12.0. The van der Waals surface area contributed by atoms with Gasteiger partial charge < -0.3 is 10.1 Å². The van der Waals surface area contributed by atoms with Crippen LogP contribution in [-0.2, 0) is 11.2 Å². The zero-order valence-corrected chi connectivity index (χ0v) is 20.4. The number of hydrogen-bond acceptors (Lipinski definition) is 5. The lowest BCUT2D eigenvalue weighted by Gasteiger charge is -2.13. The number of nitrogens with one attached hydrogen (secondary N) is 1. The summed E-state index contributed by atoms with van der Waals surface area (Å²) in [6.45, 7) is 1.99. The summed E-state index contributed by atoms with van der Waals surface area (Å²) in [5.74, 6) is 0.919. The monoisotopic (exact) mass is 512 g/mol. The van der Waals surface area contributed by atoms with Gasteiger partial charge in [0.2, 0.25) is 5.91 Å². The summed E-state index contributed by atoms with van der Waals surface area (Å²) in [7, 11) is 1.58. The second-order valence-corrected chi connectivity index (χ2v) is 8.95. The van der Waals surface area contributed by atoms with Crippen LogP contribution in [0.25, 0.3) is 17.1 Å². The number of halogens is 3. The summed E-state index contributed by atoms with van der Waals surface area (Å²) >= 11 is 1.20. The van der Waals surface area contributed by atoms with Crippen LogP contribution in [0.15, 0.2) is 78.0 Å². The Bertz CT molecular complexity index is 1340. The molecule has 0 radical (unpaired) electrons. The number of anilines is 1. The van der Waals surface area contributed by atoms with E-state index in [4.69, 9.17) is 4.74 Å². The van der Waals surface area contributed by atoms with Crippen molar-refractivity contribution in [2.24, 2.45) is 0 Å². The van der Waals surface area contributed by atoms with Gasteiger partial charge in [-0.3, -0.25) is 9.36 Å². The number of aryl methyl sites for hydroxylation is 1. The van der Waals surface area contributed by atoms with Crippen molar-refractivity contribution in [2.45, 2.75) is 24.7 Å². The van der Waals surface area contributed by atoms with Crippen molar-refractivity contribution in [2.75, 3.05) is 18.2 Å². The molecule has 0 fully saturated rings. The minimum Gasteiger partial charge on any atom is -0.496 e. The first-order chi connectivity index (χ1) is 17.2. The molecule has 0 spiro atoms. The van der Waals surface area contributed by atoms with Crippen molar-refractivity contribution in [1.82, 2.24) is 14.8 Å². The number of rotatable bonds is 8. The Balaban J connectivity index is 1.53. The zero-order chi connectivity index (χ0) is 25.7. The molecule has 0 aliphatic rings. The lowest BCUT2D eigenvalue weighted by molar-refractivity contribution is -0.127. The average Bonchev–Trinajstić information content (AvgIpc) is 3.27. The van der Waals surface area contributed by atoms with E-state index in [1.54, 1.807) is 7.11 Å².